The van der Waals surface area contributed by atoms with Crippen LogP contribution < -0.4 is 10.6 Å². The first-order valence-electron chi connectivity index (χ1n) is 7.97. The molecule has 3 N–H and O–H groups in total. The molecule has 0 saturated carbocycles. The summed E-state index contributed by atoms with van der Waals surface area (Å²) in [5.41, 5.74) is 1.40. The van der Waals surface area contributed by atoms with Crippen molar-refractivity contribution in [3.05, 3.63) is 40.8 Å². The number of hydrogen-bond donors (Lipinski definition) is 3. The van der Waals surface area contributed by atoms with Crippen molar-refractivity contribution in [1.29, 1.82) is 0 Å². The van der Waals surface area contributed by atoms with Gasteiger partial charge in [0.15, 0.2) is 5.65 Å². The molecule has 10 heteroatoms. The average molecular weight is 392 g/mol. The SMILES string of the molecule is O=C(CNc1cc(Cl)cc(Cl)c1)N1CC(Nc2ncnc3[nH]ncc23)C1. The third-order valence-corrected chi connectivity index (χ3v) is 4.57. The first kappa shape index (κ1) is 16.9. The summed E-state index contributed by atoms with van der Waals surface area (Å²) >= 11 is 11.9. The number of aromatic nitrogens is 4. The molecule has 3 heterocycles. The average Bonchev–Trinajstić information content (AvgIpc) is 3.04. The van der Waals surface area contributed by atoms with Crippen molar-refractivity contribution in [3.63, 3.8) is 0 Å². The zero-order chi connectivity index (χ0) is 18.1. The van der Waals surface area contributed by atoms with Gasteiger partial charge in [0.25, 0.3) is 0 Å². The lowest BCUT2D eigenvalue weighted by atomic mass is 10.1. The summed E-state index contributed by atoms with van der Waals surface area (Å²) in [6.07, 6.45) is 3.16. The van der Waals surface area contributed by atoms with Gasteiger partial charge in [0.2, 0.25) is 5.91 Å². The Morgan fingerprint density at radius 3 is 2.77 bits per heavy atom. The van der Waals surface area contributed by atoms with E-state index in [0.717, 1.165) is 11.1 Å². The van der Waals surface area contributed by atoms with E-state index in [1.807, 2.05) is 0 Å². The molecule has 1 aromatic carbocycles. The largest absolute Gasteiger partial charge is 0.376 e. The van der Waals surface area contributed by atoms with Gasteiger partial charge in [0, 0.05) is 28.8 Å². The molecule has 0 unspecified atom stereocenters. The molecule has 1 amide bonds. The van der Waals surface area contributed by atoms with E-state index in [1.165, 1.54) is 6.33 Å². The molecule has 1 aliphatic heterocycles. The number of anilines is 2. The number of nitrogens with one attached hydrogen (secondary N) is 3. The van der Waals surface area contributed by atoms with Crippen molar-refractivity contribution in [1.82, 2.24) is 25.1 Å². The second-order valence-electron chi connectivity index (χ2n) is 6.01. The molecule has 0 bridgehead atoms. The predicted octanol–water partition coefficient (Wildman–Crippen LogP) is 2.39. The lowest BCUT2D eigenvalue weighted by molar-refractivity contribution is -0.133. The summed E-state index contributed by atoms with van der Waals surface area (Å²) in [4.78, 5) is 22.4. The predicted molar refractivity (Wildman–Crippen MR) is 101 cm³/mol. The van der Waals surface area contributed by atoms with Crippen LogP contribution in [-0.2, 0) is 4.79 Å². The van der Waals surface area contributed by atoms with Gasteiger partial charge < -0.3 is 15.5 Å². The molecule has 1 saturated heterocycles. The molecular weight excluding hydrogens is 377 g/mol. The van der Waals surface area contributed by atoms with Crippen molar-refractivity contribution in [2.45, 2.75) is 6.04 Å². The quantitative estimate of drug-likeness (QED) is 0.617. The van der Waals surface area contributed by atoms with Crippen LogP contribution in [0.2, 0.25) is 10.0 Å². The number of nitrogens with zero attached hydrogens (tertiary/aromatic N) is 4. The minimum Gasteiger partial charge on any atom is -0.376 e. The molecule has 2 aromatic heterocycles. The summed E-state index contributed by atoms with van der Waals surface area (Å²) in [7, 11) is 0. The normalized spacial score (nSPS) is 14.3. The first-order valence-corrected chi connectivity index (χ1v) is 8.72. The van der Waals surface area contributed by atoms with E-state index >= 15 is 0 Å². The number of carbonyl (C=O) groups is 1. The van der Waals surface area contributed by atoms with Crippen LogP contribution >= 0.6 is 23.2 Å². The highest BCUT2D eigenvalue weighted by Gasteiger charge is 2.30. The van der Waals surface area contributed by atoms with Crippen molar-refractivity contribution in [3.8, 4) is 0 Å². The van der Waals surface area contributed by atoms with Crippen LogP contribution in [0.1, 0.15) is 0 Å². The van der Waals surface area contributed by atoms with E-state index in [0.29, 0.717) is 34.6 Å². The molecule has 4 rings (SSSR count). The Hall–Kier alpha value is -2.58. The number of fused-ring (bicyclic) bond motifs is 1. The van der Waals surface area contributed by atoms with Gasteiger partial charge in [-0.05, 0) is 18.2 Å². The standard InChI is InChI=1S/C16H15Cl2N7O/c17-9-1-10(18)3-11(2-9)19-5-14(26)25-6-12(7-25)23-15-13-4-22-24-16(13)21-8-20-15/h1-4,8,12,19H,5-7H2,(H2,20,21,22,23,24). The zero-order valence-corrected chi connectivity index (χ0v) is 15.1. The van der Waals surface area contributed by atoms with Gasteiger partial charge in [0.05, 0.1) is 24.2 Å². The number of likely N-dealkylation sites (tertiary alicyclic amines) is 1. The van der Waals surface area contributed by atoms with Crippen molar-refractivity contribution >= 4 is 51.6 Å². The maximum atomic E-state index is 12.3. The van der Waals surface area contributed by atoms with E-state index < -0.39 is 0 Å². The molecular formula is C16H15Cl2N7O. The van der Waals surface area contributed by atoms with Crippen molar-refractivity contribution in [2.24, 2.45) is 0 Å². The highest BCUT2D eigenvalue weighted by Crippen LogP contribution is 2.23. The van der Waals surface area contributed by atoms with Gasteiger partial charge in [-0.2, -0.15) is 5.10 Å². The molecule has 0 spiro atoms. The van der Waals surface area contributed by atoms with Crippen LogP contribution in [0, 0.1) is 0 Å². The van der Waals surface area contributed by atoms with Gasteiger partial charge in [0.1, 0.15) is 12.1 Å². The Balaban J connectivity index is 1.29. The topological polar surface area (TPSA) is 98.8 Å². The molecule has 26 heavy (non-hydrogen) atoms. The second kappa shape index (κ2) is 6.97. The van der Waals surface area contributed by atoms with E-state index in [4.69, 9.17) is 23.2 Å². The second-order valence-corrected chi connectivity index (χ2v) is 6.88. The number of hydrogen-bond acceptors (Lipinski definition) is 6. The van der Waals surface area contributed by atoms with Crippen LogP contribution in [0.4, 0.5) is 11.5 Å². The summed E-state index contributed by atoms with van der Waals surface area (Å²) in [6.45, 7) is 1.41. The van der Waals surface area contributed by atoms with Gasteiger partial charge >= 0.3 is 0 Å². The lowest BCUT2D eigenvalue weighted by Gasteiger charge is -2.40. The van der Waals surface area contributed by atoms with E-state index in [1.54, 1.807) is 29.3 Å². The number of carbonyl (C=O) groups excluding carboxylic acids is 1. The summed E-state index contributed by atoms with van der Waals surface area (Å²) in [5.74, 6) is 0.725. The van der Waals surface area contributed by atoms with Crippen LogP contribution in [0.15, 0.2) is 30.7 Å². The molecule has 0 radical (unpaired) electrons. The van der Waals surface area contributed by atoms with Gasteiger partial charge in [-0.1, -0.05) is 23.2 Å². The number of halogens is 2. The van der Waals surface area contributed by atoms with Crippen LogP contribution in [0.25, 0.3) is 11.0 Å². The minimum atomic E-state index is 0.00953. The first-order chi connectivity index (χ1) is 12.6. The Morgan fingerprint density at radius 1 is 1.23 bits per heavy atom. The van der Waals surface area contributed by atoms with E-state index in [-0.39, 0.29) is 18.5 Å². The number of amides is 1. The fourth-order valence-electron chi connectivity index (χ4n) is 2.79. The van der Waals surface area contributed by atoms with Crippen LogP contribution in [0.5, 0.6) is 0 Å². The molecule has 3 aromatic rings. The Kier molecular flexibility index (Phi) is 4.52. The highest BCUT2D eigenvalue weighted by molar-refractivity contribution is 6.35. The maximum absolute atomic E-state index is 12.3. The fraction of sp³-hybridized carbons (Fsp3) is 0.250. The smallest absolute Gasteiger partial charge is 0.242 e. The van der Waals surface area contributed by atoms with Gasteiger partial charge in [-0.3, -0.25) is 9.89 Å². The van der Waals surface area contributed by atoms with Gasteiger partial charge in [-0.25, -0.2) is 9.97 Å². The summed E-state index contributed by atoms with van der Waals surface area (Å²) in [5, 5.41) is 15.0. The third-order valence-electron chi connectivity index (χ3n) is 4.13. The zero-order valence-electron chi connectivity index (χ0n) is 13.5. The van der Waals surface area contributed by atoms with Crippen molar-refractivity contribution < 1.29 is 4.79 Å². The fourth-order valence-corrected chi connectivity index (χ4v) is 3.32. The summed E-state index contributed by atoms with van der Waals surface area (Å²) in [6, 6.07) is 5.25. The number of H-pyrrole nitrogens is 1. The van der Waals surface area contributed by atoms with Gasteiger partial charge in [-0.15, -0.1) is 0 Å². The Bertz CT molecular complexity index is 934. The Morgan fingerprint density at radius 2 is 2.00 bits per heavy atom. The third kappa shape index (κ3) is 3.51. The molecule has 8 nitrogen and oxygen atoms in total. The molecule has 0 aliphatic carbocycles. The number of benzene rings is 1. The lowest BCUT2D eigenvalue weighted by Crippen LogP contribution is -2.58. The molecule has 134 valence electrons. The molecule has 0 atom stereocenters. The highest BCUT2D eigenvalue weighted by atomic mass is 35.5. The number of aromatic amines is 1. The summed E-state index contributed by atoms with van der Waals surface area (Å²) < 4.78 is 0. The Labute approximate surface area is 158 Å². The minimum absolute atomic E-state index is 0.00953. The maximum Gasteiger partial charge on any atom is 0.242 e. The van der Waals surface area contributed by atoms with E-state index in [2.05, 4.69) is 30.8 Å². The number of rotatable bonds is 5. The van der Waals surface area contributed by atoms with Crippen LogP contribution in [0.3, 0.4) is 0 Å². The van der Waals surface area contributed by atoms with E-state index in [9.17, 15) is 4.79 Å². The monoisotopic (exact) mass is 391 g/mol. The molecule has 1 fully saturated rings. The van der Waals surface area contributed by atoms with Crippen molar-refractivity contribution in [2.75, 3.05) is 30.3 Å². The van der Waals surface area contributed by atoms with Crippen LogP contribution in [-0.4, -0.2) is 56.6 Å². The molecule has 1 aliphatic rings.